The van der Waals surface area contributed by atoms with Crippen molar-refractivity contribution in [3.8, 4) is 0 Å². The summed E-state index contributed by atoms with van der Waals surface area (Å²) in [5.41, 5.74) is 7.70. The van der Waals surface area contributed by atoms with Crippen LogP contribution in [0.1, 0.15) is 5.56 Å². The lowest BCUT2D eigenvalue weighted by Crippen LogP contribution is -1.85. The number of nitrogens with two attached hydrogens (primary N) is 1. The minimum Gasteiger partial charge on any atom is -0.399 e. The van der Waals surface area contributed by atoms with E-state index >= 15 is 0 Å². The number of hydrogen-bond donors (Lipinski definition) is 1. The number of aryl methyl sites for hydroxylation is 1. The van der Waals surface area contributed by atoms with E-state index in [9.17, 15) is 0 Å². The molecule has 0 radical (unpaired) electrons. The molecule has 1 nitrogen and oxygen atoms in total. The van der Waals surface area contributed by atoms with Crippen molar-refractivity contribution in [1.29, 1.82) is 0 Å². The lowest BCUT2D eigenvalue weighted by molar-refractivity contribution is 1.31. The van der Waals surface area contributed by atoms with Crippen LogP contribution in [0.4, 0.5) is 5.69 Å². The van der Waals surface area contributed by atoms with Crippen molar-refractivity contribution < 1.29 is 0 Å². The molecule has 1 aromatic rings. The molecule has 0 amide bonds. The molecule has 0 aliphatic carbocycles. The molecule has 2 N–H and O–H groups in total. The first-order valence-corrected chi connectivity index (χ1v) is 5.86. The highest BCUT2D eigenvalue weighted by molar-refractivity contribution is 8.76. The summed E-state index contributed by atoms with van der Waals surface area (Å²) in [6, 6.07) is 6.00. The second-order valence-corrected chi connectivity index (χ2v) is 4.71. The van der Waals surface area contributed by atoms with E-state index in [-0.39, 0.29) is 0 Å². The van der Waals surface area contributed by atoms with E-state index in [0.29, 0.717) is 0 Å². The zero-order valence-electron chi connectivity index (χ0n) is 6.63. The number of hydrogen-bond acceptors (Lipinski definition) is 3. The van der Waals surface area contributed by atoms with Gasteiger partial charge in [0.2, 0.25) is 0 Å². The Morgan fingerprint density at radius 2 is 2.09 bits per heavy atom. The molecule has 0 bridgehead atoms. The molecule has 1 aromatic carbocycles. The molecule has 3 heteroatoms. The first-order valence-electron chi connectivity index (χ1n) is 3.31. The third-order valence-corrected chi connectivity index (χ3v) is 3.22. The van der Waals surface area contributed by atoms with Crippen LogP contribution in [-0.4, -0.2) is 6.26 Å². The maximum absolute atomic E-state index is 5.61. The van der Waals surface area contributed by atoms with Gasteiger partial charge in [0.15, 0.2) is 0 Å². The highest BCUT2D eigenvalue weighted by Crippen LogP contribution is 2.31. The molecule has 0 saturated heterocycles. The molecule has 0 heterocycles. The first kappa shape index (κ1) is 8.81. The first-order chi connectivity index (χ1) is 5.24. The van der Waals surface area contributed by atoms with E-state index in [1.54, 1.807) is 21.6 Å². The summed E-state index contributed by atoms with van der Waals surface area (Å²) in [4.78, 5) is 1.30. The molecule has 1 rings (SSSR count). The van der Waals surface area contributed by atoms with Crippen LogP contribution in [0.15, 0.2) is 23.1 Å². The lowest BCUT2D eigenvalue weighted by atomic mass is 10.2. The molecule has 0 spiro atoms. The Kier molecular flexibility index (Phi) is 3.15. The summed E-state index contributed by atoms with van der Waals surface area (Å²) in [5.74, 6) is 0. The van der Waals surface area contributed by atoms with Crippen LogP contribution in [0.25, 0.3) is 0 Å². The van der Waals surface area contributed by atoms with Crippen LogP contribution >= 0.6 is 21.6 Å². The Hall–Kier alpha value is -0.280. The summed E-state index contributed by atoms with van der Waals surface area (Å²) in [5, 5.41) is 0. The van der Waals surface area contributed by atoms with Gasteiger partial charge in [0.25, 0.3) is 0 Å². The second kappa shape index (κ2) is 3.93. The van der Waals surface area contributed by atoms with Gasteiger partial charge in [-0.3, -0.25) is 0 Å². The predicted molar refractivity (Wildman–Crippen MR) is 55.0 cm³/mol. The van der Waals surface area contributed by atoms with E-state index in [1.165, 1.54) is 10.5 Å². The summed E-state index contributed by atoms with van der Waals surface area (Å²) in [6.45, 7) is 2.08. The van der Waals surface area contributed by atoms with Gasteiger partial charge in [0.05, 0.1) is 0 Å². The molecule has 0 atom stereocenters. The zero-order valence-corrected chi connectivity index (χ0v) is 8.26. The van der Waals surface area contributed by atoms with Crippen LogP contribution in [0.3, 0.4) is 0 Å². The third kappa shape index (κ3) is 2.34. The third-order valence-electron chi connectivity index (χ3n) is 1.37. The standard InChI is InChI=1S/C8H11NS2/c1-6-5-7(9)3-4-8(6)11-10-2/h3-5H,9H2,1-2H3. The molecule has 0 fully saturated rings. The van der Waals surface area contributed by atoms with Crippen molar-refractivity contribution in [3.63, 3.8) is 0 Å². The second-order valence-electron chi connectivity index (χ2n) is 2.27. The average Bonchev–Trinajstić information content (AvgIpc) is 1.95. The summed E-state index contributed by atoms with van der Waals surface area (Å²) >= 11 is 0. The topological polar surface area (TPSA) is 26.0 Å². The van der Waals surface area contributed by atoms with Gasteiger partial charge in [0.1, 0.15) is 0 Å². The van der Waals surface area contributed by atoms with E-state index in [4.69, 9.17) is 5.73 Å². The molecule has 0 aliphatic rings. The Labute approximate surface area is 75.1 Å². The van der Waals surface area contributed by atoms with Gasteiger partial charge in [-0.15, -0.1) is 0 Å². The predicted octanol–water partition coefficient (Wildman–Crippen LogP) is 2.95. The van der Waals surface area contributed by atoms with Crippen molar-refractivity contribution in [2.24, 2.45) is 0 Å². The fraction of sp³-hybridized carbons (Fsp3) is 0.250. The highest BCUT2D eigenvalue weighted by Gasteiger charge is 1.97. The van der Waals surface area contributed by atoms with Gasteiger partial charge < -0.3 is 5.73 Å². The van der Waals surface area contributed by atoms with Crippen molar-refractivity contribution in [2.75, 3.05) is 12.0 Å². The molecular formula is C8H11NS2. The van der Waals surface area contributed by atoms with Gasteiger partial charge >= 0.3 is 0 Å². The molecule has 0 saturated carbocycles. The van der Waals surface area contributed by atoms with Gasteiger partial charge in [-0.25, -0.2) is 0 Å². The molecule has 0 aromatic heterocycles. The molecule has 11 heavy (non-hydrogen) atoms. The molecule has 0 aliphatic heterocycles. The monoisotopic (exact) mass is 185 g/mol. The minimum absolute atomic E-state index is 0.841. The van der Waals surface area contributed by atoms with E-state index in [2.05, 4.69) is 19.2 Å². The van der Waals surface area contributed by atoms with Crippen molar-refractivity contribution in [1.82, 2.24) is 0 Å². The van der Waals surface area contributed by atoms with Crippen LogP contribution in [0.2, 0.25) is 0 Å². The number of benzene rings is 1. The van der Waals surface area contributed by atoms with Gasteiger partial charge in [-0.1, -0.05) is 21.6 Å². The summed E-state index contributed by atoms with van der Waals surface area (Å²) in [6.07, 6.45) is 2.07. The minimum atomic E-state index is 0.841. The van der Waals surface area contributed by atoms with E-state index < -0.39 is 0 Å². The quantitative estimate of drug-likeness (QED) is 0.566. The number of nitrogen functional groups attached to an aromatic ring is 1. The highest BCUT2D eigenvalue weighted by atomic mass is 33.1. The molecular weight excluding hydrogens is 174 g/mol. The Morgan fingerprint density at radius 1 is 1.36 bits per heavy atom. The molecule has 0 unspecified atom stereocenters. The lowest BCUT2D eigenvalue weighted by Gasteiger charge is -2.02. The van der Waals surface area contributed by atoms with Crippen molar-refractivity contribution >= 4 is 27.3 Å². The van der Waals surface area contributed by atoms with Crippen molar-refractivity contribution in [3.05, 3.63) is 23.8 Å². The maximum Gasteiger partial charge on any atom is 0.0317 e. The average molecular weight is 185 g/mol. The van der Waals surface area contributed by atoms with Crippen LogP contribution < -0.4 is 5.73 Å². The fourth-order valence-electron chi connectivity index (χ4n) is 0.856. The summed E-state index contributed by atoms with van der Waals surface area (Å²) in [7, 11) is 3.52. The Morgan fingerprint density at radius 3 is 2.64 bits per heavy atom. The number of rotatable bonds is 2. The smallest absolute Gasteiger partial charge is 0.0317 e. The largest absolute Gasteiger partial charge is 0.399 e. The maximum atomic E-state index is 5.61. The van der Waals surface area contributed by atoms with Gasteiger partial charge in [-0.05, 0) is 36.9 Å². The van der Waals surface area contributed by atoms with Crippen molar-refractivity contribution in [2.45, 2.75) is 11.8 Å². The number of anilines is 1. The van der Waals surface area contributed by atoms with E-state index in [0.717, 1.165) is 5.69 Å². The zero-order chi connectivity index (χ0) is 8.27. The van der Waals surface area contributed by atoms with Gasteiger partial charge in [-0.2, -0.15) is 0 Å². The fourth-order valence-corrected chi connectivity index (χ4v) is 2.45. The Balaban J connectivity index is 2.90. The van der Waals surface area contributed by atoms with Crippen LogP contribution in [-0.2, 0) is 0 Å². The SMILES string of the molecule is CSSc1ccc(N)cc1C. The van der Waals surface area contributed by atoms with Crippen LogP contribution in [0, 0.1) is 6.92 Å². The van der Waals surface area contributed by atoms with Crippen LogP contribution in [0.5, 0.6) is 0 Å². The summed E-state index contributed by atoms with van der Waals surface area (Å²) < 4.78 is 0. The van der Waals surface area contributed by atoms with E-state index in [1.807, 2.05) is 12.1 Å². The molecule has 60 valence electrons. The Bertz CT molecular complexity index is 248. The normalized spacial score (nSPS) is 10.0. The van der Waals surface area contributed by atoms with Gasteiger partial charge in [0, 0.05) is 10.6 Å².